The second kappa shape index (κ2) is 5.66. The van der Waals surface area contributed by atoms with Gasteiger partial charge in [0.1, 0.15) is 11.9 Å². The third-order valence-electron chi connectivity index (χ3n) is 4.11. The normalized spacial score (nSPS) is 16.8. The summed E-state index contributed by atoms with van der Waals surface area (Å²) in [5.41, 5.74) is 2.31. The highest BCUT2D eigenvalue weighted by atomic mass is 79.9. The molecule has 0 heterocycles. The summed E-state index contributed by atoms with van der Waals surface area (Å²) in [7, 11) is 0. The minimum absolute atomic E-state index is 0.325. The van der Waals surface area contributed by atoms with Gasteiger partial charge >= 0.3 is 0 Å². The molecule has 20 heavy (non-hydrogen) atoms. The van der Waals surface area contributed by atoms with Crippen molar-refractivity contribution >= 4 is 15.9 Å². The standard InChI is InChI=1S/C17H16BrFO/c18-15-10-4-9-14(16(15)19)17(20)13-8-2-1-7-12(13)11-5-3-6-11/h1-2,4,7-11,17,20H,3,5-6H2. The Hall–Kier alpha value is -1.19. The lowest BCUT2D eigenvalue weighted by molar-refractivity contribution is 0.211. The fraction of sp³-hybridized carbons (Fsp3) is 0.294. The van der Waals surface area contributed by atoms with Crippen molar-refractivity contribution in [2.24, 2.45) is 0 Å². The Morgan fingerprint density at radius 2 is 1.75 bits per heavy atom. The van der Waals surface area contributed by atoms with Crippen LogP contribution in [-0.2, 0) is 0 Å². The smallest absolute Gasteiger partial charge is 0.143 e. The van der Waals surface area contributed by atoms with Crippen molar-refractivity contribution in [2.45, 2.75) is 31.3 Å². The zero-order chi connectivity index (χ0) is 14.1. The van der Waals surface area contributed by atoms with E-state index < -0.39 is 6.10 Å². The average molecular weight is 335 g/mol. The first-order valence-corrected chi connectivity index (χ1v) is 7.68. The fourth-order valence-corrected chi connectivity index (χ4v) is 3.13. The lowest BCUT2D eigenvalue weighted by Crippen LogP contribution is -2.14. The number of halogens is 2. The molecule has 1 saturated carbocycles. The van der Waals surface area contributed by atoms with E-state index in [1.54, 1.807) is 18.2 Å². The third-order valence-corrected chi connectivity index (χ3v) is 4.72. The zero-order valence-electron chi connectivity index (χ0n) is 11.0. The first-order chi connectivity index (χ1) is 9.68. The highest BCUT2D eigenvalue weighted by Crippen LogP contribution is 2.41. The van der Waals surface area contributed by atoms with Crippen molar-refractivity contribution in [3.63, 3.8) is 0 Å². The second-order valence-electron chi connectivity index (χ2n) is 5.30. The molecule has 1 aliphatic rings. The molecule has 0 bridgehead atoms. The van der Waals surface area contributed by atoms with Gasteiger partial charge in [-0.3, -0.25) is 0 Å². The van der Waals surface area contributed by atoms with Crippen LogP contribution in [0, 0.1) is 5.82 Å². The molecular weight excluding hydrogens is 319 g/mol. The molecule has 1 aliphatic carbocycles. The van der Waals surface area contributed by atoms with Crippen LogP contribution in [0.25, 0.3) is 0 Å². The van der Waals surface area contributed by atoms with E-state index in [9.17, 15) is 9.50 Å². The summed E-state index contributed by atoms with van der Waals surface area (Å²) in [6, 6.07) is 12.9. The van der Waals surface area contributed by atoms with Crippen molar-refractivity contribution in [2.75, 3.05) is 0 Å². The number of hydrogen-bond acceptors (Lipinski definition) is 1. The summed E-state index contributed by atoms with van der Waals surface area (Å²) in [5, 5.41) is 10.6. The number of aliphatic hydroxyl groups excluding tert-OH is 1. The van der Waals surface area contributed by atoms with Crippen molar-refractivity contribution < 1.29 is 9.50 Å². The maximum atomic E-state index is 14.2. The van der Waals surface area contributed by atoms with Crippen LogP contribution in [0.3, 0.4) is 0 Å². The number of benzene rings is 2. The quantitative estimate of drug-likeness (QED) is 0.843. The third kappa shape index (κ3) is 2.40. The minimum atomic E-state index is -0.913. The van der Waals surface area contributed by atoms with E-state index in [0.717, 1.165) is 24.0 Å². The molecule has 0 amide bonds. The molecule has 1 atom stereocenters. The van der Waals surface area contributed by atoms with E-state index in [2.05, 4.69) is 22.0 Å². The van der Waals surface area contributed by atoms with Gasteiger partial charge in [0.15, 0.2) is 0 Å². The molecule has 3 heteroatoms. The van der Waals surface area contributed by atoms with Crippen LogP contribution in [0.2, 0.25) is 0 Å². The molecule has 0 saturated heterocycles. The van der Waals surface area contributed by atoms with Crippen molar-refractivity contribution in [1.82, 2.24) is 0 Å². The molecule has 1 nitrogen and oxygen atoms in total. The maximum Gasteiger partial charge on any atom is 0.143 e. The first kappa shape index (κ1) is 13.8. The number of rotatable bonds is 3. The van der Waals surface area contributed by atoms with Crippen molar-refractivity contribution in [3.05, 3.63) is 69.4 Å². The summed E-state index contributed by atoms with van der Waals surface area (Å²) in [4.78, 5) is 0. The lowest BCUT2D eigenvalue weighted by Gasteiger charge is -2.29. The van der Waals surface area contributed by atoms with Gasteiger partial charge in [0, 0.05) is 5.56 Å². The Bertz CT molecular complexity index is 622. The van der Waals surface area contributed by atoms with Crippen LogP contribution in [0.1, 0.15) is 48.0 Å². The van der Waals surface area contributed by atoms with Gasteiger partial charge in [-0.25, -0.2) is 4.39 Å². The average Bonchev–Trinajstić information content (AvgIpc) is 2.40. The van der Waals surface area contributed by atoms with Crippen molar-refractivity contribution in [1.29, 1.82) is 0 Å². The maximum absolute atomic E-state index is 14.2. The van der Waals surface area contributed by atoms with Gasteiger partial charge in [-0.05, 0) is 51.9 Å². The van der Waals surface area contributed by atoms with Crippen LogP contribution in [0.4, 0.5) is 4.39 Å². The highest BCUT2D eigenvalue weighted by molar-refractivity contribution is 9.10. The Labute approximate surface area is 126 Å². The second-order valence-corrected chi connectivity index (χ2v) is 6.16. The SMILES string of the molecule is OC(c1ccccc1C1CCC1)c1cccc(Br)c1F. The molecule has 1 N–H and O–H groups in total. The van der Waals surface area contributed by atoms with Gasteiger partial charge in [0.25, 0.3) is 0 Å². The van der Waals surface area contributed by atoms with Gasteiger partial charge in [0.2, 0.25) is 0 Å². The van der Waals surface area contributed by atoms with E-state index in [4.69, 9.17) is 0 Å². The molecular formula is C17H16BrFO. The summed E-state index contributed by atoms with van der Waals surface area (Å²) >= 11 is 3.17. The molecule has 3 rings (SSSR count). The molecule has 0 aromatic heterocycles. The van der Waals surface area contributed by atoms with E-state index in [0.29, 0.717) is 16.0 Å². The zero-order valence-corrected chi connectivity index (χ0v) is 12.6. The predicted octanol–water partition coefficient (Wildman–Crippen LogP) is 4.94. The topological polar surface area (TPSA) is 20.2 Å². The van der Waals surface area contributed by atoms with Crippen LogP contribution in [-0.4, -0.2) is 5.11 Å². The van der Waals surface area contributed by atoms with E-state index >= 15 is 0 Å². The monoisotopic (exact) mass is 334 g/mol. The Kier molecular flexibility index (Phi) is 3.90. The molecule has 0 aliphatic heterocycles. The molecule has 1 unspecified atom stereocenters. The van der Waals surface area contributed by atoms with Gasteiger partial charge in [-0.2, -0.15) is 0 Å². The van der Waals surface area contributed by atoms with Gasteiger partial charge in [-0.1, -0.05) is 42.8 Å². The van der Waals surface area contributed by atoms with Crippen molar-refractivity contribution in [3.8, 4) is 0 Å². The molecule has 0 spiro atoms. The molecule has 0 radical (unpaired) electrons. The summed E-state index contributed by atoms with van der Waals surface area (Å²) in [6.45, 7) is 0. The molecule has 2 aromatic carbocycles. The largest absolute Gasteiger partial charge is 0.384 e. The number of hydrogen-bond donors (Lipinski definition) is 1. The van der Waals surface area contributed by atoms with Gasteiger partial charge < -0.3 is 5.11 Å². The van der Waals surface area contributed by atoms with Crippen LogP contribution in [0.5, 0.6) is 0 Å². The van der Waals surface area contributed by atoms with Gasteiger partial charge in [0.05, 0.1) is 4.47 Å². The summed E-state index contributed by atoms with van der Waals surface area (Å²) in [6.07, 6.45) is 2.64. The first-order valence-electron chi connectivity index (χ1n) is 6.89. The summed E-state index contributed by atoms with van der Waals surface area (Å²) < 4.78 is 14.5. The fourth-order valence-electron chi connectivity index (χ4n) is 2.75. The van der Waals surface area contributed by atoms with Crippen LogP contribution < -0.4 is 0 Å². The molecule has 104 valence electrons. The Balaban J connectivity index is 2.02. The summed E-state index contributed by atoms with van der Waals surface area (Å²) in [5.74, 6) is 0.125. The van der Waals surface area contributed by atoms with Gasteiger partial charge in [-0.15, -0.1) is 0 Å². The molecule has 1 fully saturated rings. The van der Waals surface area contributed by atoms with E-state index in [1.807, 2.05) is 18.2 Å². The van der Waals surface area contributed by atoms with E-state index in [-0.39, 0.29) is 5.82 Å². The Morgan fingerprint density at radius 1 is 1.05 bits per heavy atom. The highest BCUT2D eigenvalue weighted by Gasteiger charge is 2.26. The van der Waals surface area contributed by atoms with E-state index in [1.165, 1.54) is 6.42 Å². The van der Waals surface area contributed by atoms with Crippen LogP contribution >= 0.6 is 15.9 Å². The lowest BCUT2D eigenvalue weighted by atomic mass is 9.77. The Morgan fingerprint density at radius 3 is 2.45 bits per heavy atom. The predicted molar refractivity (Wildman–Crippen MR) is 81.2 cm³/mol. The van der Waals surface area contributed by atoms with Crippen LogP contribution in [0.15, 0.2) is 46.9 Å². The number of aliphatic hydroxyl groups is 1. The molecule has 2 aromatic rings. The minimum Gasteiger partial charge on any atom is -0.384 e.